The molecule has 1 aromatic heterocycles. The second-order valence-electron chi connectivity index (χ2n) is 14.4. The fraction of sp³-hybridized carbons (Fsp3) is 0. The summed E-state index contributed by atoms with van der Waals surface area (Å²) in [7, 11) is -2.92. The third-order valence-corrected chi connectivity index (χ3v) is 16.4. The first-order valence-corrected chi connectivity index (χ1v) is 21.0. The van der Waals surface area contributed by atoms with Crippen LogP contribution in [-0.4, -0.2) is 12.6 Å². The molecule has 2 heteroatoms. The van der Waals surface area contributed by atoms with E-state index in [0.717, 1.165) is 27.5 Å². The number of benzene rings is 10. The molecule has 0 aliphatic carbocycles. The summed E-state index contributed by atoms with van der Waals surface area (Å²) in [5.74, 6) is 0. The van der Waals surface area contributed by atoms with Crippen LogP contribution in [0.5, 0.6) is 0 Å². The third-order valence-electron chi connectivity index (χ3n) is 11.6. The molecule has 56 heavy (non-hydrogen) atoms. The minimum absolute atomic E-state index is 0.184. The van der Waals surface area contributed by atoms with Crippen LogP contribution in [0.25, 0.3) is 70.9 Å². The van der Waals surface area contributed by atoms with Crippen molar-refractivity contribution in [3.05, 3.63) is 224 Å². The molecular formula is C54H37NSi. The average molecular weight is 733 g/mol. The van der Waals surface area contributed by atoms with E-state index >= 15 is 0 Å². The zero-order valence-electron chi connectivity index (χ0n) is 35.4. The van der Waals surface area contributed by atoms with Crippen LogP contribution in [0, 0.1) is 0 Å². The first-order valence-electron chi connectivity index (χ1n) is 21.5. The predicted molar refractivity (Wildman–Crippen MR) is 242 cm³/mol. The largest absolute Gasteiger partial charge is 0.309 e. The molecule has 1 nitrogen and oxygen atoms in total. The van der Waals surface area contributed by atoms with E-state index in [1.54, 1.807) is 0 Å². The first-order chi connectivity index (χ1) is 29.9. The van der Waals surface area contributed by atoms with Crippen LogP contribution in [-0.2, 0) is 0 Å². The highest BCUT2D eigenvalue weighted by Gasteiger charge is 2.41. The number of hydrogen-bond donors (Lipinski definition) is 0. The average Bonchev–Trinajstić information content (AvgIpc) is 3.66. The number of rotatable bonds is 6. The van der Waals surface area contributed by atoms with Crippen LogP contribution in [0.1, 0.15) is 6.85 Å². The summed E-state index contributed by atoms with van der Waals surface area (Å²) in [5, 5.41) is 14.5. The van der Waals surface area contributed by atoms with E-state index < -0.39 is 14.1 Å². The molecule has 0 N–H and O–H groups in total. The molecule has 0 amide bonds. The fourth-order valence-electron chi connectivity index (χ4n) is 9.28. The number of nitrogens with zero attached hydrogens (tertiary/aromatic N) is 1. The van der Waals surface area contributed by atoms with Gasteiger partial charge in [-0.05, 0) is 83.1 Å². The van der Waals surface area contributed by atoms with Gasteiger partial charge < -0.3 is 4.57 Å². The van der Waals surface area contributed by atoms with Gasteiger partial charge >= 0.3 is 0 Å². The van der Waals surface area contributed by atoms with Crippen LogP contribution < -0.4 is 20.7 Å². The maximum atomic E-state index is 8.83. The van der Waals surface area contributed by atoms with Crippen molar-refractivity contribution >= 4 is 82.9 Å². The quantitative estimate of drug-likeness (QED) is 0.0911. The molecule has 0 saturated heterocycles. The second kappa shape index (κ2) is 13.1. The highest BCUT2D eigenvalue weighted by molar-refractivity contribution is 7.20. The Balaban J connectivity index is 1.31. The van der Waals surface area contributed by atoms with Crippen LogP contribution in [0.3, 0.4) is 0 Å². The second-order valence-corrected chi connectivity index (χ2v) is 18.2. The normalized spacial score (nSPS) is 13.2. The molecule has 11 rings (SSSR count). The molecular weight excluding hydrogens is 691 g/mol. The Kier molecular flexibility index (Phi) is 6.44. The molecule has 0 aliphatic rings. The summed E-state index contributed by atoms with van der Waals surface area (Å²) in [6.45, 7) is 0. The van der Waals surface area contributed by atoms with Crippen molar-refractivity contribution in [1.82, 2.24) is 4.57 Å². The summed E-state index contributed by atoms with van der Waals surface area (Å²) in [4.78, 5) is 0. The van der Waals surface area contributed by atoms with E-state index in [9.17, 15) is 0 Å². The molecule has 0 saturated carbocycles. The number of hydrogen-bond acceptors (Lipinski definition) is 0. The molecule has 262 valence electrons. The lowest BCUT2D eigenvalue weighted by molar-refractivity contribution is 1.18. The van der Waals surface area contributed by atoms with Gasteiger partial charge in [0.05, 0.1) is 17.9 Å². The van der Waals surface area contributed by atoms with Gasteiger partial charge in [-0.2, -0.15) is 0 Å². The Hall–Kier alpha value is -7.00. The van der Waals surface area contributed by atoms with Crippen LogP contribution in [0.2, 0.25) is 0 Å². The maximum absolute atomic E-state index is 8.83. The molecule has 10 aromatic carbocycles. The molecule has 0 spiro atoms. The van der Waals surface area contributed by atoms with Gasteiger partial charge in [0.2, 0.25) is 0 Å². The zero-order valence-corrected chi connectivity index (χ0v) is 31.4. The van der Waals surface area contributed by atoms with Crippen molar-refractivity contribution in [3.63, 3.8) is 0 Å². The van der Waals surface area contributed by atoms with E-state index in [4.69, 9.17) is 6.85 Å². The van der Waals surface area contributed by atoms with Gasteiger partial charge in [0.1, 0.15) is 0 Å². The Morgan fingerprint density at radius 3 is 1.46 bits per heavy atom. The summed E-state index contributed by atoms with van der Waals surface area (Å²) in [6.07, 6.45) is 0. The fourth-order valence-corrected chi connectivity index (χ4v) is 14.0. The van der Waals surface area contributed by atoms with Gasteiger partial charge in [-0.1, -0.05) is 200 Å². The van der Waals surface area contributed by atoms with Crippen molar-refractivity contribution in [2.45, 2.75) is 0 Å². The van der Waals surface area contributed by atoms with Crippen molar-refractivity contribution < 1.29 is 6.85 Å². The lowest BCUT2D eigenvalue weighted by Crippen LogP contribution is -2.74. The standard InChI is InChI=1S/C54H37NSi/c1-5-18-38(19-6-1)39-20-17-21-40(36-39)55-51-34-32-44(56(41-22-7-2-8-23-41,42-24-9-3-10-25-42)43-26-11-4-12-27-43)37-50(51)54-52(55)35-33-49-47-30-14-13-28-45(47)46-29-15-16-31-48(46)53(49)54/h1-37H/i1D,5D,6D,18D,19D. The molecule has 0 atom stereocenters. The zero-order chi connectivity index (χ0) is 41.4. The van der Waals surface area contributed by atoms with Gasteiger partial charge in [-0.15, -0.1) is 0 Å². The van der Waals surface area contributed by atoms with Gasteiger partial charge in [0, 0.05) is 21.8 Å². The number of fused-ring (bicyclic) bond motifs is 10. The third kappa shape index (κ3) is 4.86. The van der Waals surface area contributed by atoms with E-state index in [1.165, 1.54) is 53.1 Å². The Morgan fingerprint density at radius 1 is 0.339 bits per heavy atom. The summed E-state index contributed by atoms with van der Waals surface area (Å²) in [5.41, 5.74) is 3.60. The minimum Gasteiger partial charge on any atom is -0.309 e. The summed E-state index contributed by atoms with van der Waals surface area (Å²) in [6, 6.07) is 68.1. The molecule has 0 radical (unpaired) electrons. The molecule has 11 aromatic rings. The van der Waals surface area contributed by atoms with Crippen molar-refractivity contribution in [2.24, 2.45) is 0 Å². The van der Waals surface area contributed by atoms with Gasteiger partial charge in [0.15, 0.2) is 8.07 Å². The lowest BCUT2D eigenvalue weighted by Gasteiger charge is -2.34. The van der Waals surface area contributed by atoms with E-state index in [2.05, 4.69) is 174 Å². The Morgan fingerprint density at radius 2 is 0.857 bits per heavy atom. The lowest BCUT2D eigenvalue weighted by atomic mass is 9.92. The molecule has 0 fully saturated rings. The van der Waals surface area contributed by atoms with Gasteiger partial charge in [0.25, 0.3) is 0 Å². The van der Waals surface area contributed by atoms with Crippen molar-refractivity contribution in [3.8, 4) is 16.8 Å². The topological polar surface area (TPSA) is 4.93 Å². The van der Waals surface area contributed by atoms with Crippen molar-refractivity contribution in [2.75, 3.05) is 0 Å². The minimum atomic E-state index is -2.92. The molecule has 0 unspecified atom stereocenters. The first kappa shape index (κ1) is 27.6. The van der Waals surface area contributed by atoms with Crippen LogP contribution >= 0.6 is 0 Å². The SMILES string of the molecule is [2H]c1c([2H])c([2H])c(-c2cccc(-n3c4ccc([Si](c5ccccc5)(c5ccccc5)c5ccccc5)cc4c4c5c6ccccc6c6ccccc6c5ccc43)c2)c([2H])c1[2H]. The predicted octanol–water partition coefficient (Wildman–Crippen LogP) is 11.3. The summed E-state index contributed by atoms with van der Waals surface area (Å²) < 4.78 is 45.1. The van der Waals surface area contributed by atoms with Crippen LogP contribution in [0.15, 0.2) is 224 Å². The maximum Gasteiger partial charge on any atom is 0.179 e. The number of aromatic nitrogens is 1. The Labute approximate surface area is 334 Å². The van der Waals surface area contributed by atoms with E-state index in [-0.39, 0.29) is 29.7 Å². The smallest absolute Gasteiger partial charge is 0.179 e. The van der Waals surface area contributed by atoms with Gasteiger partial charge in [-0.25, -0.2) is 0 Å². The molecule has 0 bridgehead atoms. The highest BCUT2D eigenvalue weighted by Crippen LogP contribution is 2.43. The molecule has 0 aliphatic heterocycles. The Bertz CT molecular complexity index is 3370. The van der Waals surface area contributed by atoms with Gasteiger partial charge in [-0.3, -0.25) is 0 Å². The summed E-state index contributed by atoms with van der Waals surface area (Å²) >= 11 is 0. The van der Waals surface area contributed by atoms with Crippen LogP contribution in [0.4, 0.5) is 0 Å². The molecule has 1 heterocycles. The van der Waals surface area contributed by atoms with E-state index in [1.807, 2.05) is 24.3 Å². The monoisotopic (exact) mass is 732 g/mol. The van der Waals surface area contributed by atoms with Crippen molar-refractivity contribution in [1.29, 1.82) is 0 Å². The van der Waals surface area contributed by atoms with E-state index in [0.29, 0.717) is 5.56 Å². The highest BCUT2D eigenvalue weighted by atomic mass is 28.3.